The molecule has 0 bridgehead atoms. The van der Waals surface area contributed by atoms with Crippen molar-refractivity contribution in [2.45, 2.75) is 24.8 Å². The summed E-state index contributed by atoms with van der Waals surface area (Å²) in [6.07, 6.45) is 4.22. The quantitative estimate of drug-likeness (QED) is 0.873. The molecule has 0 aliphatic carbocycles. The molecule has 1 fully saturated rings. The highest BCUT2D eigenvalue weighted by Gasteiger charge is 2.30. The van der Waals surface area contributed by atoms with Crippen molar-refractivity contribution in [3.63, 3.8) is 0 Å². The van der Waals surface area contributed by atoms with Gasteiger partial charge in [0.1, 0.15) is 0 Å². The molecular formula is C14H19N5O3S. The van der Waals surface area contributed by atoms with Crippen molar-refractivity contribution < 1.29 is 13.2 Å². The van der Waals surface area contributed by atoms with Crippen LogP contribution >= 0.6 is 0 Å². The van der Waals surface area contributed by atoms with Crippen molar-refractivity contribution in [2.24, 2.45) is 5.92 Å². The molecule has 0 aromatic carbocycles. The number of aryl methyl sites for hydroxylation is 1. The third-order valence-electron chi connectivity index (χ3n) is 3.90. The van der Waals surface area contributed by atoms with Gasteiger partial charge in [-0.2, -0.15) is 9.40 Å². The maximum Gasteiger partial charge on any atom is 0.260 e. The third-order valence-corrected chi connectivity index (χ3v) is 5.73. The van der Waals surface area contributed by atoms with Crippen LogP contribution in [0.2, 0.25) is 0 Å². The van der Waals surface area contributed by atoms with Gasteiger partial charge in [-0.25, -0.2) is 13.4 Å². The molecule has 9 heteroatoms. The Balaban J connectivity index is 1.51. The first-order valence-electron chi connectivity index (χ1n) is 7.47. The molecule has 0 amide bonds. The van der Waals surface area contributed by atoms with Gasteiger partial charge in [0.15, 0.2) is 5.03 Å². The zero-order chi connectivity index (χ0) is 16.3. The number of H-pyrrole nitrogens is 1. The van der Waals surface area contributed by atoms with Gasteiger partial charge in [-0.1, -0.05) is 0 Å². The van der Waals surface area contributed by atoms with Crippen LogP contribution in [-0.4, -0.2) is 52.6 Å². The van der Waals surface area contributed by atoms with Gasteiger partial charge in [0, 0.05) is 19.2 Å². The van der Waals surface area contributed by atoms with Crippen molar-refractivity contribution in [1.29, 1.82) is 0 Å². The third kappa shape index (κ3) is 3.67. The molecular weight excluding hydrogens is 318 g/mol. The van der Waals surface area contributed by atoms with Crippen LogP contribution in [0.5, 0.6) is 5.88 Å². The van der Waals surface area contributed by atoms with E-state index >= 15 is 0 Å². The monoisotopic (exact) mass is 337 g/mol. The smallest absolute Gasteiger partial charge is 0.260 e. The molecule has 1 N–H and O–H groups in total. The predicted octanol–water partition coefficient (Wildman–Crippen LogP) is 0.988. The summed E-state index contributed by atoms with van der Waals surface area (Å²) in [4.78, 5) is 6.43. The van der Waals surface area contributed by atoms with Gasteiger partial charge >= 0.3 is 0 Å². The molecule has 2 aromatic heterocycles. The van der Waals surface area contributed by atoms with Gasteiger partial charge in [-0.3, -0.25) is 0 Å². The van der Waals surface area contributed by atoms with Crippen LogP contribution < -0.4 is 4.74 Å². The highest BCUT2D eigenvalue weighted by molar-refractivity contribution is 7.89. The largest absolute Gasteiger partial charge is 0.476 e. The minimum Gasteiger partial charge on any atom is -0.476 e. The molecule has 0 spiro atoms. The molecule has 0 unspecified atom stereocenters. The van der Waals surface area contributed by atoms with E-state index in [4.69, 9.17) is 4.74 Å². The molecule has 0 saturated carbocycles. The number of aromatic amines is 1. The van der Waals surface area contributed by atoms with Crippen LogP contribution in [0.3, 0.4) is 0 Å². The standard InChI is InChI=1S/C14H19N5O3S/c1-11-2-3-13(18-17-11)22-9-12-4-6-19(7-5-12)23(20,21)14-8-15-10-16-14/h2-3,8,10,12H,4-7,9H2,1H3,(H,15,16). The number of rotatable bonds is 5. The van der Waals surface area contributed by atoms with E-state index in [0.29, 0.717) is 31.5 Å². The Bertz CT molecular complexity index is 722. The Labute approximate surface area is 135 Å². The van der Waals surface area contributed by atoms with Crippen LogP contribution in [0.4, 0.5) is 0 Å². The van der Waals surface area contributed by atoms with Gasteiger partial charge in [-0.05, 0) is 31.7 Å². The van der Waals surface area contributed by atoms with Gasteiger partial charge in [0.2, 0.25) is 5.88 Å². The second-order valence-corrected chi connectivity index (χ2v) is 7.49. The fourth-order valence-electron chi connectivity index (χ4n) is 2.51. The lowest BCUT2D eigenvalue weighted by Crippen LogP contribution is -2.39. The summed E-state index contributed by atoms with van der Waals surface area (Å²) in [5, 5.41) is 8.05. The number of sulfonamides is 1. The molecule has 2 aromatic rings. The Kier molecular flexibility index (Phi) is 4.58. The van der Waals surface area contributed by atoms with E-state index in [2.05, 4.69) is 20.2 Å². The Morgan fingerprint density at radius 3 is 2.70 bits per heavy atom. The summed E-state index contributed by atoms with van der Waals surface area (Å²) < 4.78 is 31.9. The predicted molar refractivity (Wildman–Crippen MR) is 82.3 cm³/mol. The maximum atomic E-state index is 12.4. The number of aromatic nitrogens is 4. The molecule has 23 heavy (non-hydrogen) atoms. The first-order valence-corrected chi connectivity index (χ1v) is 8.91. The number of nitrogens with zero attached hydrogens (tertiary/aromatic N) is 4. The summed E-state index contributed by atoms with van der Waals surface area (Å²) in [6.45, 7) is 3.35. The lowest BCUT2D eigenvalue weighted by molar-refractivity contribution is 0.179. The van der Waals surface area contributed by atoms with Gasteiger partial charge in [-0.15, -0.1) is 5.10 Å². The molecule has 8 nitrogen and oxygen atoms in total. The SMILES string of the molecule is Cc1ccc(OCC2CCN(S(=O)(=O)c3cnc[nH]3)CC2)nn1. The number of nitrogens with one attached hydrogen (secondary N) is 1. The van der Waals surface area contributed by atoms with Crippen molar-refractivity contribution in [3.8, 4) is 5.88 Å². The van der Waals surface area contributed by atoms with Crippen LogP contribution in [0.25, 0.3) is 0 Å². The molecule has 0 atom stereocenters. The van der Waals surface area contributed by atoms with Gasteiger partial charge < -0.3 is 9.72 Å². The van der Waals surface area contributed by atoms with E-state index in [9.17, 15) is 8.42 Å². The summed E-state index contributed by atoms with van der Waals surface area (Å²) >= 11 is 0. The number of imidazole rings is 1. The lowest BCUT2D eigenvalue weighted by atomic mass is 9.99. The van der Waals surface area contributed by atoms with E-state index in [0.717, 1.165) is 18.5 Å². The first kappa shape index (κ1) is 15.9. The van der Waals surface area contributed by atoms with Crippen LogP contribution in [0, 0.1) is 12.8 Å². The number of hydrogen-bond donors (Lipinski definition) is 1. The summed E-state index contributed by atoms with van der Waals surface area (Å²) in [5.41, 5.74) is 0.842. The molecule has 3 heterocycles. The molecule has 0 radical (unpaired) electrons. The van der Waals surface area contributed by atoms with E-state index < -0.39 is 10.0 Å². The van der Waals surface area contributed by atoms with Crippen molar-refractivity contribution in [2.75, 3.05) is 19.7 Å². The minimum absolute atomic E-state index is 0.141. The summed E-state index contributed by atoms with van der Waals surface area (Å²) in [6, 6.07) is 3.64. The topological polar surface area (TPSA) is 101 Å². The average Bonchev–Trinajstić information content (AvgIpc) is 3.10. The molecule has 3 rings (SSSR count). The Morgan fingerprint density at radius 2 is 2.09 bits per heavy atom. The highest BCUT2D eigenvalue weighted by Crippen LogP contribution is 2.23. The molecule has 1 aliphatic heterocycles. The first-order chi connectivity index (χ1) is 11.1. The van der Waals surface area contributed by atoms with Crippen molar-refractivity contribution >= 4 is 10.0 Å². The maximum absolute atomic E-state index is 12.4. The second kappa shape index (κ2) is 6.63. The van der Waals surface area contributed by atoms with Crippen LogP contribution in [0.1, 0.15) is 18.5 Å². The lowest BCUT2D eigenvalue weighted by Gasteiger charge is -2.30. The van der Waals surface area contributed by atoms with E-state index in [1.165, 1.54) is 16.8 Å². The summed E-state index contributed by atoms with van der Waals surface area (Å²) in [5.74, 6) is 0.814. The van der Waals surface area contributed by atoms with Gasteiger partial charge in [0.25, 0.3) is 10.0 Å². The van der Waals surface area contributed by atoms with Crippen molar-refractivity contribution in [1.82, 2.24) is 24.5 Å². The van der Waals surface area contributed by atoms with Gasteiger partial charge in [0.05, 0.1) is 24.8 Å². The fourth-order valence-corrected chi connectivity index (χ4v) is 3.87. The number of piperidine rings is 1. The second-order valence-electron chi connectivity index (χ2n) is 5.59. The van der Waals surface area contributed by atoms with Crippen LogP contribution in [-0.2, 0) is 10.0 Å². The summed E-state index contributed by atoms with van der Waals surface area (Å²) in [7, 11) is -3.46. The zero-order valence-corrected chi connectivity index (χ0v) is 13.7. The number of ether oxygens (including phenoxy) is 1. The number of hydrogen-bond acceptors (Lipinski definition) is 6. The van der Waals surface area contributed by atoms with E-state index in [-0.39, 0.29) is 5.03 Å². The fraction of sp³-hybridized carbons (Fsp3) is 0.500. The van der Waals surface area contributed by atoms with E-state index in [1.54, 1.807) is 6.07 Å². The highest BCUT2D eigenvalue weighted by atomic mass is 32.2. The van der Waals surface area contributed by atoms with Crippen LogP contribution in [0.15, 0.2) is 29.7 Å². The van der Waals surface area contributed by atoms with Crippen molar-refractivity contribution in [3.05, 3.63) is 30.4 Å². The normalized spacial score (nSPS) is 17.3. The average molecular weight is 337 g/mol. The molecule has 124 valence electrons. The molecule has 1 saturated heterocycles. The Hall–Kier alpha value is -2.00. The zero-order valence-electron chi connectivity index (χ0n) is 12.8. The molecule has 1 aliphatic rings. The minimum atomic E-state index is -3.46. The van der Waals surface area contributed by atoms with E-state index in [1.807, 2.05) is 13.0 Å². The Morgan fingerprint density at radius 1 is 1.30 bits per heavy atom.